The summed E-state index contributed by atoms with van der Waals surface area (Å²) < 4.78 is 18.4. The van der Waals surface area contributed by atoms with Crippen LogP contribution in [-0.4, -0.2) is 37.5 Å². The van der Waals surface area contributed by atoms with Gasteiger partial charge in [0, 0.05) is 25.9 Å². The summed E-state index contributed by atoms with van der Waals surface area (Å²) in [5.41, 5.74) is 2.06. The number of ether oxygens (including phenoxy) is 3. The second-order valence-corrected chi connectivity index (χ2v) is 8.60. The van der Waals surface area contributed by atoms with Crippen LogP contribution in [0.5, 0.6) is 0 Å². The minimum absolute atomic E-state index is 0.0152. The third-order valence-electron chi connectivity index (χ3n) is 6.57. The summed E-state index contributed by atoms with van der Waals surface area (Å²) in [6, 6.07) is 0. The minimum atomic E-state index is -0.649. The molecule has 0 aromatic rings. The Morgan fingerprint density at radius 3 is 2.80 bits per heavy atom. The average molecular weight is 348 g/mol. The molecule has 2 aliphatic heterocycles. The summed E-state index contributed by atoms with van der Waals surface area (Å²) in [6.07, 6.45) is 9.88. The lowest BCUT2D eigenvalue weighted by Gasteiger charge is -2.50. The molecule has 0 unspecified atom stereocenters. The lowest BCUT2D eigenvalue weighted by molar-refractivity contribution is -0.241. The van der Waals surface area contributed by atoms with Gasteiger partial charge in [-0.05, 0) is 51.0 Å². The lowest BCUT2D eigenvalue weighted by Crippen LogP contribution is -2.54. The molecule has 4 nitrogen and oxygen atoms in total. The monoisotopic (exact) mass is 348 g/mol. The molecule has 0 saturated carbocycles. The standard InChI is InChI=1S/C21H32O4/c1-15(2)7-6-10-19(3)11-8-16-14-24-18-13-20(4,23-5)25-21(16,18)17(19)9-12-22/h7-8,12,17-18H,6,9-11,13-14H2,1-5H3/t17-,18+,19+,20+,21+/m1/s1. The number of rotatable bonds is 6. The van der Waals surface area contributed by atoms with E-state index in [0.717, 1.165) is 25.5 Å². The van der Waals surface area contributed by atoms with Crippen molar-refractivity contribution in [1.29, 1.82) is 0 Å². The van der Waals surface area contributed by atoms with E-state index < -0.39 is 11.4 Å². The van der Waals surface area contributed by atoms with Crippen molar-refractivity contribution >= 4 is 6.29 Å². The van der Waals surface area contributed by atoms with Crippen LogP contribution in [-0.2, 0) is 19.0 Å². The first-order valence-electron chi connectivity index (χ1n) is 9.43. The SMILES string of the molecule is CO[C@]1(C)C[C@@H]2OCC3=CC[C@](C)(CCC=C(C)C)[C@@H](CC=O)[C@@]32O1. The van der Waals surface area contributed by atoms with Gasteiger partial charge in [-0.3, -0.25) is 0 Å². The Morgan fingerprint density at radius 1 is 1.40 bits per heavy atom. The number of hydrogen-bond acceptors (Lipinski definition) is 4. The van der Waals surface area contributed by atoms with Crippen LogP contribution in [0, 0.1) is 11.3 Å². The molecular formula is C21H32O4. The van der Waals surface area contributed by atoms with Crippen LogP contribution in [0.15, 0.2) is 23.3 Å². The Labute approximate surface area is 151 Å². The van der Waals surface area contributed by atoms with E-state index in [9.17, 15) is 4.79 Å². The molecule has 2 saturated heterocycles. The number of methoxy groups -OCH3 is 1. The molecule has 5 atom stereocenters. The maximum Gasteiger partial charge on any atom is 0.169 e. The normalized spacial score (nSPS) is 42.5. The summed E-state index contributed by atoms with van der Waals surface area (Å²) in [7, 11) is 1.69. The van der Waals surface area contributed by atoms with Crippen molar-refractivity contribution in [1.82, 2.24) is 0 Å². The molecule has 0 aromatic carbocycles. The molecule has 2 heterocycles. The Morgan fingerprint density at radius 2 is 2.16 bits per heavy atom. The van der Waals surface area contributed by atoms with E-state index in [-0.39, 0.29) is 17.4 Å². The summed E-state index contributed by atoms with van der Waals surface area (Å²) in [4.78, 5) is 11.6. The zero-order chi connectivity index (χ0) is 18.3. The number of carbonyl (C=O) groups excluding carboxylic acids is 1. The molecule has 0 aromatic heterocycles. The molecule has 0 bridgehead atoms. The predicted octanol–water partition coefficient (Wildman–Crippen LogP) is 4.19. The van der Waals surface area contributed by atoms with Gasteiger partial charge in [-0.25, -0.2) is 0 Å². The van der Waals surface area contributed by atoms with Crippen molar-refractivity contribution < 1.29 is 19.0 Å². The second-order valence-electron chi connectivity index (χ2n) is 8.60. The zero-order valence-electron chi connectivity index (χ0n) is 16.3. The van der Waals surface area contributed by atoms with E-state index in [0.29, 0.717) is 19.4 Å². The first-order chi connectivity index (χ1) is 11.8. The molecule has 3 aliphatic rings. The van der Waals surface area contributed by atoms with Crippen molar-refractivity contribution in [3.8, 4) is 0 Å². The predicted molar refractivity (Wildman–Crippen MR) is 97.2 cm³/mol. The van der Waals surface area contributed by atoms with Crippen LogP contribution in [0.25, 0.3) is 0 Å². The zero-order valence-corrected chi connectivity index (χ0v) is 16.3. The largest absolute Gasteiger partial charge is 0.370 e. The first-order valence-corrected chi connectivity index (χ1v) is 9.43. The topological polar surface area (TPSA) is 44.8 Å². The van der Waals surface area contributed by atoms with E-state index in [1.807, 2.05) is 6.92 Å². The van der Waals surface area contributed by atoms with Crippen LogP contribution < -0.4 is 0 Å². The molecule has 4 heteroatoms. The van der Waals surface area contributed by atoms with Crippen LogP contribution in [0.4, 0.5) is 0 Å². The highest BCUT2D eigenvalue weighted by Gasteiger charge is 2.67. The molecule has 0 N–H and O–H groups in total. The van der Waals surface area contributed by atoms with Gasteiger partial charge in [-0.1, -0.05) is 24.6 Å². The fraction of sp³-hybridized carbons (Fsp3) is 0.762. The Balaban J connectivity index is 1.97. The smallest absolute Gasteiger partial charge is 0.169 e. The molecule has 3 rings (SSSR count). The Hall–Kier alpha value is -0.970. The number of aldehydes is 1. The highest BCUT2D eigenvalue weighted by molar-refractivity contribution is 5.52. The van der Waals surface area contributed by atoms with Gasteiger partial charge in [-0.15, -0.1) is 0 Å². The number of hydrogen-bond donors (Lipinski definition) is 0. The van der Waals surface area contributed by atoms with Crippen LogP contribution in [0.2, 0.25) is 0 Å². The van der Waals surface area contributed by atoms with Gasteiger partial charge in [0.15, 0.2) is 5.79 Å². The van der Waals surface area contributed by atoms with Crippen molar-refractivity contribution in [2.45, 2.75) is 77.3 Å². The van der Waals surface area contributed by atoms with Gasteiger partial charge < -0.3 is 19.0 Å². The first kappa shape index (κ1) is 18.8. The fourth-order valence-corrected chi connectivity index (χ4v) is 5.11. The molecule has 140 valence electrons. The van der Waals surface area contributed by atoms with Crippen molar-refractivity contribution in [3.63, 3.8) is 0 Å². The van der Waals surface area contributed by atoms with E-state index in [1.54, 1.807) is 7.11 Å². The fourth-order valence-electron chi connectivity index (χ4n) is 5.11. The maximum atomic E-state index is 11.6. The quantitative estimate of drug-likeness (QED) is 0.533. The summed E-state index contributed by atoms with van der Waals surface area (Å²) in [6.45, 7) is 9.17. The van der Waals surface area contributed by atoms with Gasteiger partial charge in [0.1, 0.15) is 11.9 Å². The Kier molecular flexibility index (Phi) is 5.00. The van der Waals surface area contributed by atoms with Gasteiger partial charge in [-0.2, -0.15) is 0 Å². The number of allylic oxidation sites excluding steroid dienone is 3. The van der Waals surface area contributed by atoms with Gasteiger partial charge in [0.05, 0.1) is 12.7 Å². The minimum Gasteiger partial charge on any atom is -0.370 e. The van der Waals surface area contributed by atoms with Crippen LogP contribution in [0.1, 0.15) is 59.8 Å². The van der Waals surface area contributed by atoms with E-state index in [1.165, 1.54) is 11.1 Å². The van der Waals surface area contributed by atoms with Gasteiger partial charge in [0.2, 0.25) is 0 Å². The molecule has 0 radical (unpaired) electrons. The molecule has 1 spiro atoms. The van der Waals surface area contributed by atoms with E-state index in [2.05, 4.69) is 32.9 Å². The molecular weight excluding hydrogens is 316 g/mol. The summed E-state index contributed by atoms with van der Waals surface area (Å²) in [5, 5.41) is 0. The van der Waals surface area contributed by atoms with Crippen molar-refractivity contribution in [2.75, 3.05) is 13.7 Å². The third kappa shape index (κ3) is 3.02. The molecule has 1 aliphatic carbocycles. The van der Waals surface area contributed by atoms with Crippen LogP contribution >= 0.6 is 0 Å². The highest BCUT2D eigenvalue weighted by Crippen LogP contribution is 2.61. The number of carbonyl (C=O) groups is 1. The molecule has 2 fully saturated rings. The Bertz CT molecular complexity index is 591. The van der Waals surface area contributed by atoms with Crippen LogP contribution in [0.3, 0.4) is 0 Å². The van der Waals surface area contributed by atoms with Crippen molar-refractivity contribution in [3.05, 3.63) is 23.3 Å². The summed E-state index contributed by atoms with van der Waals surface area (Å²) in [5.74, 6) is -0.531. The molecule has 25 heavy (non-hydrogen) atoms. The second kappa shape index (κ2) is 6.64. The maximum absolute atomic E-state index is 11.6. The van der Waals surface area contributed by atoms with E-state index in [4.69, 9.17) is 14.2 Å². The van der Waals surface area contributed by atoms with Gasteiger partial charge >= 0.3 is 0 Å². The highest BCUT2D eigenvalue weighted by atomic mass is 16.7. The van der Waals surface area contributed by atoms with Crippen molar-refractivity contribution in [2.24, 2.45) is 11.3 Å². The molecule has 0 amide bonds. The lowest BCUT2D eigenvalue weighted by atomic mass is 9.57. The van der Waals surface area contributed by atoms with E-state index >= 15 is 0 Å². The average Bonchev–Trinajstić information content (AvgIpc) is 3.02. The summed E-state index contributed by atoms with van der Waals surface area (Å²) >= 11 is 0. The van der Waals surface area contributed by atoms with Gasteiger partial charge in [0.25, 0.3) is 0 Å². The third-order valence-corrected chi connectivity index (χ3v) is 6.57.